The van der Waals surface area contributed by atoms with Crippen molar-refractivity contribution in [2.45, 2.75) is 19.8 Å². The first-order valence-corrected chi connectivity index (χ1v) is 7.23. The fourth-order valence-corrected chi connectivity index (χ4v) is 2.50. The minimum atomic E-state index is -0.597. The van der Waals surface area contributed by atoms with E-state index in [9.17, 15) is 13.6 Å². The Hall–Kier alpha value is -1.45. The lowest BCUT2D eigenvalue weighted by molar-refractivity contribution is -0.130. The second kappa shape index (κ2) is 8.99. The van der Waals surface area contributed by atoms with Gasteiger partial charge in [-0.05, 0) is 30.9 Å². The predicted molar refractivity (Wildman–Crippen MR) is 96.9 cm³/mol. The van der Waals surface area contributed by atoms with Crippen LogP contribution in [-0.4, -0.2) is 36.4 Å². The van der Waals surface area contributed by atoms with E-state index in [2.05, 4.69) is 10.3 Å². The van der Waals surface area contributed by atoms with E-state index in [4.69, 9.17) is 5.73 Å². The number of nitrogens with two attached hydrogens (primary N) is 1. The molecule has 1 unspecified atom stereocenters. The van der Waals surface area contributed by atoms with Gasteiger partial charge in [-0.2, -0.15) is 0 Å². The van der Waals surface area contributed by atoms with Gasteiger partial charge < -0.3 is 16.0 Å². The zero-order valence-corrected chi connectivity index (χ0v) is 15.2. The van der Waals surface area contributed by atoms with Gasteiger partial charge in [0.2, 0.25) is 5.91 Å². The molecule has 0 radical (unpaired) electrons. The zero-order chi connectivity index (χ0) is 16.1. The molecule has 1 fully saturated rings. The van der Waals surface area contributed by atoms with Crippen LogP contribution < -0.4 is 11.1 Å². The highest BCUT2D eigenvalue weighted by molar-refractivity contribution is 14.0. The topological polar surface area (TPSA) is 70.7 Å². The van der Waals surface area contributed by atoms with Gasteiger partial charge in [-0.1, -0.05) is 0 Å². The van der Waals surface area contributed by atoms with E-state index in [1.54, 1.807) is 11.8 Å². The number of piperidine rings is 1. The molecule has 8 heteroatoms. The summed E-state index contributed by atoms with van der Waals surface area (Å²) in [5.74, 6) is -0.831. The number of rotatable bonds is 3. The van der Waals surface area contributed by atoms with Gasteiger partial charge in [-0.3, -0.25) is 9.79 Å². The summed E-state index contributed by atoms with van der Waals surface area (Å²) in [4.78, 5) is 17.3. The van der Waals surface area contributed by atoms with Gasteiger partial charge in [0.15, 0.2) is 5.96 Å². The summed E-state index contributed by atoms with van der Waals surface area (Å²) in [7, 11) is 0. The van der Waals surface area contributed by atoms with E-state index >= 15 is 0 Å². The maximum Gasteiger partial charge on any atom is 0.219 e. The number of nitrogens with one attached hydrogen (secondary N) is 1. The van der Waals surface area contributed by atoms with Crippen molar-refractivity contribution < 1.29 is 13.6 Å². The summed E-state index contributed by atoms with van der Waals surface area (Å²) in [6.45, 7) is 3.42. The van der Waals surface area contributed by atoms with Crippen molar-refractivity contribution in [2.75, 3.05) is 25.0 Å². The number of likely N-dealkylation sites (tertiary alicyclic amines) is 1. The Kier molecular flexibility index (Phi) is 7.66. The number of halogens is 3. The highest BCUT2D eigenvalue weighted by Crippen LogP contribution is 2.17. The number of anilines is 1. The first-order chi connectivity index (χ1) is 10.5. The Balaban J connectivity index is 0.00000264. The Bertz CT molecular complexity index is 583. The number of benzene rings is 1. The minimum Gasteiger partial charge on any atom is -0.370 e. The molecule has 5 nitrogen and oxygen atoms in total. The van der Waals surface area contributed by atoms with Crippen LogP contribution in [0, 0.1) is 17.6 Å². The van der Waals surface area contributed by atoms with Crippen molar-refractivity contribution >= 4 is 41.5 Å². The van der Waals surface area contributed by atoms with E-state index in [1.165, 1.54) is 0 Å². The van der Waals surface area contributed by atoms with Crippen molar-refractivity contribution in [3.63, 3.8) is 0 Å². The molecule has 1 aromatic carbocycles. The third kappa shape index (κ3) is 5.92. The van der Waals surface area contributed by atoms with E-state index in [0.717, 1.165) is 37.6 Å². The molecule has 1 aliphatic rings. The predicted octanol–water partition coefficient (Wildman–Crippen LogP) is 2.57. The summed E-state index contributed by atoms with van der Waals surface area (Å²) in [5, 5.41) is 2.56. The van der Waals surface area contributed by atoms with Crippen LogP contribution in [0.1, 0.15) is 19.8 Å². The number of nitrogens with zero attached hydrogens (tertiary/aromatic N) is 2. The van der Waals surface area contributed by atoms with E-state index in [-0.39, 0.29) is 47.4 Å². The van der Waals surface area contributed by atoms with E-state index in [1.807, 2.05) is 0 Å². The third-order valence-electron chi connectivity index (χ3n) is 3.68. The normalized spacial score (nSPS) is 18.3. The van der Waals surface area contributed by atoms with Crippen molar-refractivity contribution in [1.29, 1.82) is 0 Å². The number of aliphatic imine (C=N–C) groups is 1. The molecule has 1 aliphatic heterocycles. The fourth-order valence-electron chi connectivity index (χ4n) is 2.50. The van der Waals surface area contributed by atoms with Crippen LogP contribution in [0.25, 0.3) is 0 Å². The number of hydrogen-bond donors (Lipinski definition) is 2. The van der Waals surface area contributed by atoms with Crippen LogP contribution in [0.4, 0.5) is 14.5 Å². The lowest BCUT2D eigenvalue weighted by atomic mass is 9.98. The van der Waals surface area contributed by atoms with Crippen molar-refractivity contribution in [1.82, 2.24) is 4.90 Å². The number of carbonyl (C=O) groups is 1. The molecule has 1 amide bonds. The molecule has 1 heterocycles. The Morgan fingerprint density at radius 3 is 2.91 bits per heavy atom. The molecule has 1 aromatic rings. The number of carbonyl (C=O) groups excluding carboxylic acids is 1. The van der Waals surface area contributed by atoms with Crippen LogP contribution in [0.5, 0.6) is 0 Å². The highest BCUT2D eigenvalue weighted by atomic mass is 127. The molecular weight excluding hydrogens is 417 g/mol. The van der Waals surface area contributed by atoms with Gasteiger partial charge in [0.05, 0.1) is 5.69 Å². The largest absolute Gasteiger partial charge is 0.370 e. The third-order valence-corrected chi connectivity index (χ3v) is 3.68. The molecule has 0 spiro atoms. The molecule has 0 aromatic heterocycles. The minimum absolute atomic E-state index is 0. The number of guanidine groups is 1. The molecule has 3 N–H and O–H groups in total. The molecule has 1 atom stereocenters. The second-order valence-electron chi connectivity index (χ2n) is 5.45. The van der Waals surface area contributed by atoms with Gasteiger partial charge in [-0.25, -0.2) is 8.78 Å². The van der Waals surface area contributed by atoms with E-state index < -0.39 is 11.6 Å². The quantitative estimate of drug-likeness (QED) is 0.433. The van der Waals surface area contributed by atoms with Gasteiger partial charge in [0.25, 0.3) is 0 Å². The molecule has 2 rings (SSSR count). The molecule has 1 saturated heterocycles. The Morgan fingerprint density at radius 2 is 2.22 bits per heavy atom. The summed E-state index contributed by atoms with van der Waals surface area (Å²) < 4.78 is 26.5. The van der Waals surface area contributed by atoms with Gasteiger partial charge in [0.1, 0.15) is 11.6 Å². The van der Waals surface area contributed by atoms with Crippen molar-refractivity contribution in [2.24, 2.45) is 16.6 Å². The average Bonchev–Trinajstić information content (AvgIpc) is 2.49. The fraction of sp³-hybridized carbons (Fsp3) is 0.467. The smallest absolute Gasteiger partial charge is 0.219 e. The highest BCUT2D eigenvalue weighted by Gasteiger charge is 2.21. The maximum atomic E-state index is 13.5. The lowest BCUT2D eigenvalue weighted by Crippen LogP contribution is -2.39. The molecule has 0 bridgehead atoms. The van der Waals surface area contributed by atoms with E-state index in [0.29, 0.717) is 13.1 Å². The number of amides is 1. The summed E-state index contributed by atoms with van der Waals surface area (Å²) in [6.07, 6.45) is 1.90. The standard InChI is InChI=1S/C15H20F2N4O.HI/c1-10(22)21-6-2-3-11(9-21)8-19-15(18)20-14-7-12(16)4-5-13(14)17;/h4-5,7,11H,2-3,6,8-9H2,1H3,(H3,18,19,20);1H. The maximum absolute atomic E-state index is 13.5. The monoisotopic (exact) mass is 438 g/mol. The summed E-state index contributed by atoms with van der Waals surface area (Å²) in [6, 6.07) is 3.08. The van der Waals surface area contributed by atoms with Gasteiger partial charge in [-0.15, -0.1) is 24.0 Å². The van der Waals surface area contributed by atoms with Gasteiger partial charge in [0, 0.05) is 32.6 Å². The van der Waals surface area contributed by atoms with Crippen molar-refractivity contribution in [3.8, 4) is 0 Å². The van der Waals surface area contributed by atoms with Crippen LogP contribution in [0.2, 0.25) is 0 Å². The molecular formula is C15H21F2IN4O. The number of hydrogen-bond acceptors (Lipinski definition) is 2. The van der Waals surface area contributed by atoms with Crippen LogP contribution >= 0.6 is 24.0 Å². The second-order valence-corrected chi connectivity index (χ2v) is 5.45. The molecule has 128 valence electrons. The molecule has 0 saturated carbocycles. The SMILES string of the molecule is CC(=O)N1CCCC(CN=C(N)Nc2cc(F)ccc2F)C1.I. The molecule has 0 aliphatic carbocycles. The van der Waals surface area contributed by atoms with Crippen LogP contribution in [-0.2, 0) is 4.79 Å². The average molecular weight is 438 g/mol. The van der Waals surface area contributed by atoms with Crippen LogP contribution in [0.3, 0.4) is 0 Å². The summed E-state index contributed by atoms with van der Waals surface area (Å²) in [5.41, 5.74) is 5.66. The first kappa shape index (κ1) is 19.6. The van der Waals surface area contributed by atoms with Crippen LogP contribution in [0.15, 0.2) is 23.2 Å². The Labute approximate surface area is 151 Å². The molecule has 23 heavy (non-hydrogen) atoms. The van der Waals surface area contributed by atoms with Crippen molar-refractivity contribution in [3.05, 3.63) is 29.8 Å². The Morgan fingerprint density at radius 1 is 1.48 bits per heavy atom. The lowest BCUT2D eigenvalue weighted by Gasteiger charge is -2.31. The summed E-state index contributed by atoms with van der Waals surface area (Å²) >= 11 is 0. The first-order valence-electron chi connectivity index (χ1n) is 7.23. The van der Waals surface area contributed by atoms with Gasteiger partial charge >= 0.3 is 0 Å². The zero-order valence-electron chi connectivity index (χ0n) is 12.9.